The molecule has 0 aliphatic carbocycles. The lowest BCUT2D eigenvalue weighted by Crippen LogP contribution is -2.26. The molecule has 0 saturated carbocycles. The molecule has 0 fully saturated rings. The zero-order chi connectivity index (χ0) is 25.9. The molecule has 3 aromatic carbocycles. The Balaban J connectivity index is 1.86. The van der Waals surface area contributed by atoms with Crippen LogP contribution in [0.2, 0.25) is 0 Å². The minimum atomic E-state index is -0.736. The van der Waals surface area contributed by atoms with Crippen molar-refractivity contribution >= 4 is 27.5 Å². The first-order valence-corrected chi connectivity index (χ1v) is 12.3. The van der Waals surface area contributed by atoms with Crippen LogP contribution in [0, 0.1) is 0 Å². The second kappa shape index (κ2) is 13.8. The quantitative estimate of drug-likeness (QED) is 0.139. The summed E-state index contributed by atoms with van der Waals surface area (Å²) in [6.07, 6.45) is -0.618. The molecule has 36 heavy (non-hydrogen) atoms. The summed E-state index contributed by atoms with van der Waals surface area (Å²) < 4.78 is 28.7. The molecule has 3 aromatic rings. The summed E-state index contributed by atoms with van der Waals surface area (Å²) in [4.78, 5) is 26.8. The van der Waals surface area contributed by atoms with Gasteiger partial charge in [0.2, 0.25) is 11.6 Å². The number of methoxy groups -OCH3 is 1. The number of halogens is 1. The maximum atomic E-state index is 13.4. The smallest absolute Gasteiger partial charge is 0.237 e. The second-order valence-corrected chi connectivity index (χ2v) is 8.50. The van der Waals surface area contributed by atoms with E-state index in [1.165, 1.54) is 13.2 Å². The monoisotopic (exact) mass is 556 g/mol. The highest BCUT2D eigenvalue weighted by molar-refractivity contribution is 9.10. The van der Waals surface area contributed by atoms with E-state index in [0.717, 1.165) is 5.56 Å². The van der Waals surface area contributed by atoms with Gasteiger partial charge in [0.1, 0.15) is 30.5 Å². The molecule has 0 bridgehead atoms. The van der Waals surface area contributed by atoms with Crippen molar-refractivity contribution in [2.45, 2.75) is 26.7 Å². The first kappa shape index (κ1) is 27.4. The molecule has 0 N–H and O–H groups in total. The van der Waals surface area contributed by atoms with E-state index in [1.807, 2.05) is 44.2 Å². The highest BCUT2D eigenvalue weighted by atomic mass is 79.9. The molecular weight excluding hydrogens is 528 g/mol. The fourth-order valence-corrected chi connectivity index (χ4v) is 3.76. The summed E-state index contributed by atoms with van der Waals surface area (Å²) in [5, 5.41) is 0. The Kier molecular flexibility index (Phi) is 10.5. The van der Waals surface area contributed by atoms with Crippen molar-refractivity contribution in [2.75, 3.05) is 26.9 Å². The average Bonchev–Trinajstić information content (AvgIpc) is 2.90. The van der Waals surface area contributed by atoms with Gasteiger partial charge in [-0.1, -0.05) is 46.3 Å². The van der Waals surface area contributed by atoms with Gasteiger partial charge in [-0.15, -0.1) is 0 Å². The van der Waals surface area contributed by atoms with Crippen LogP contribution in [-0.2, 0) is 16.1 Å². The normalized spacial score (nSPS) is 10.8. The van der Waals surface area contributed by atoms with Gasteiger partial charge in [0, 0.05) is 23.8 Å². The number of ketones is 2. The van der Waals surface area contributed by atoms with Gasteiger partial charge in [0.05, 0.1) is 18.2 Å². The number of carbonyl (C=O) groups is 2. The molecule has 3 rings (SSSR count). The molecule has 0 aromatic heterocycles. The second-order valence-electron chi connectivity index (χ2n) is 7.59. The molecule has 190 valence electrons. The third-order valence-corrected chi connectivity index (χ3v) is 5.64. The predicted octanol–water partition coefficient (Wildman–Crippen LogP) is 5.88. The Morgan fingerprint density at radius 3 is 2.17 bits per heavy atom. The Hall–Kier alpha value is -3.20. The van der Waals surface area contributed by atoms with Crippen LogP contribution in [0.5, 0.6) is 17.2 Å². The largest absolute Gasteiger partial charge is 0.497 e. The van der Waals surface area contributed by atoms with E-state index in [0.29, 0.717) is 29.2 Å². The maximum Gasteiger partial charge on any atom is 0.237 e. The van der Waals surface area contributed by atoms with Gasteiger partial charge < -0.3 is 23.7 Å². The molecule has 0 amide bonds. The molecule has 0 aliphatic rings. The van der Waals surface area contributed by atoms with Gasteiger partial charge in [-0.2, -0.15) is 0 Å². The van der Waals surface area contributed by atoms with E-state index in [4.69, 9.17) is 23.7 Å². The predicted molar refractivity (Wildman–Crippen MR) is 139 cm³/mol. The molecule has 0 aliphatic heterocycles. The van der Waals surface area contributed by atoms with E-state index in [1.54, 1.807) is 30.3 Å². The zero-order valence-corrected chi connectivity index (χ0v) is 22.1. The maximum absolute atomic E-state index is 13.4. The average molecular weight is 557 g/mol. The van der Waals surface area contributed by atoms with Crippen LogP contribution in [0.25, 0.3) is 0 Å². The van der Waals surface area contributed by atoms with Crippen molar-refractivity contribution < 1.29 is 33.3 Å². The molecule has 0 saturated heterocycles. The van der Waals surface area contributed by atoms with Crippen LogP contribution in [0.15, 0.2) is 71.2 Å². The summed E-state index contributed by atoms with van der Waals surface area (Å²) >= 11 is 3.38. The lowest BCUT2D eigenvalue weighted by Gasteiger charge is -2.19. The highest BCUT2D eigenvalue weighted by Crippen LogP contribution is 2.30. The standard InChI is InChI=1S/C28H29BrO7/c1-4-33-26(34-5-2)18-36-25-16-21(32-3)12-13-22(25)27(30)28(31)23-15-20(29)11-14-24(23)35-17-19-9-7-6-8-10-19/h6-16,26H,4-5,17-18H2,1-3H3. The number of carbonyl (C=O) groups excluding carboxylic acids is 2. The third kappa shape index (κ3) is 7.40. The summed E-state index contributed by atoms with van der Waals surface area (Å²) in [6.45, 7) is 4.85. The number of hydrogen-bond acceptors (Lipinski definition) is 7. The summed E-state index contributed by atoms with van der Waals surface area (Å²) in [5.41, 5.74) is 1.18. The van der Waals surface area contributed by atoms with Gasteiger partial charge in [-0.25, -0.2) is 0 Å². The van der Waals surface area contributed by atoms with Crippen molar-refractivity contribution in [3.63, 3.8) is 0 Å². The van der Waals surface area contributed by atoms with Crippen LogP contribution in [0.4, 0.5) is 0 Å². The third-order valence-electron chi connectivity index (χ3n) is 5.14. The molecule has 7 nitrogen and oxygen atoms in total. The van der Waals surface area contributed by atoms with Gasteiger partial charge >= 0.3 is 0 Å². The number of ether oxygens (including phenoxy) is 5. The number of benzene rings is 3. The van der Waals surface area contributed by atoms with Crippen molar-refractivity contribution in [1.29, 1.82) is 0 Å². The van der Waals surface area contributed by atoms with Gasteiger partial charge in [0.15, 0.2) is 6.29 Å². The van der Waals surface area contributed by atoms with E-state index >= 15 is 0 Å². The lowest BCUT2D eigenvalue weighted by atomic mass is 10.00. The Morgan fingerprint density at radius 2 is 1.50 bits per heavy atom. The lowest BCUT2D eigenvalue weighted by molar-refractivity contribution is -0.152. The van der Waals surface area contributed by atoms with Crippen molar-refractivity contribution in [1.82, 2.24) is 0 Å². The van der Waals surface area contributed by atoms with E-state index < -0.39 is 17.9 Å². The Labute approximate surface area is 219 Å². The van der Waals surface area contributed by atoms with Gasteiger partial charge in [-0.05, 0) is 49.7 Å². The van der Waals surface area contributed by atoms with Crippen molar-refractivity contribution in [3.05, 3.63) is 87.9 Å². The van der Waals surface area contributed by atoms with Crippen LogP contribution < -0.4 is 14.2 Å². The minimum absolute atomic E-state index is 0.0334. The topological polar surface area (TPSA) is 80.3 Å². The summed E-state index contributed by atoms with van der Waals surface area (Å²) in [5.74, 6) is -0.476. The molecular formula is C28H29BrO7. The minimum Gasteiger partial charge on any atom is -0.497 e. The van der Waals surface area contributed by atoms with Gasteiger partial charge in [0.25, 0.3) is 0 Å². The molecule has 0 atom stereocenters. The zero-order valence-electron chi connectivity index (χ0n) is 20.5. The summed E-state index contributed by atoms with van der Waals surface area (Å²) in [7, 11) is 1.51. The molecule has 0 heterocycles. The first-order chi connectivity index (χ1) is 17.5. The fraction of sp³-hybridized carbons (Fsp3) is 0.286. The molecule has 0 unspecified atom stereocenters. The van der Waals surface area contributed by atoms with E-state index in [-0.39, 0.29) is 30.1 Å². The van der Waals surface area contributed by atoms with Crippen LogP contribution in [0.1, 0.15) is 40.1 Å². The van der Waals surface area contributed by atoms with Gasteiger partial charge in [-0.3, -0.25) is 9.59 Å². The fourth-order valence-electron chi connectivity index (χ4n) is 3.40. The van der Waals surface area contributed by atoms with E-state index in [2.05, 4.69) is 15.9 Å². The number of hydrogen-bond donors (Lipinski definition) is 0. The number of Topliss-reactive ketones (excluding diaryl/α,β-unsaturated/α-hetero) is 2. The van der Waals surface area contributed by atoms with Crippen LogP contribution in [0.3, 0.4) is 0 Å². The number of rotatable bonds is 14. The molecule has 0 radical (unpaired) electrons. The highest BCUT2D eigenvalue weighted by Gasteiger charge is 2.26. The SMILES string of the molecule is CCOC(COc1cc(OC)ccc1C(=O)C(=O)c1cc(Br)ccc1OCc1ccccc1)OCC. The van der Waals surface area contributed by atoms with Crippen molar-refractivity contribution in [3.8, 4) is 17.2 Å². The molecule has 8 heteroatoms. The first-order valence-electron chi connectivity index (χ1n) is 11.6. The Morgan fingerprint density at radius 1 is 0.806 bits per heavy atom. The molecule has 0 spiro atoms. The van der Waals surface area contributed by atoms with E-state index in [9.17, 15) is 9.59 Å². The summed E-state index contributed by atoms with van der Waals surface area (Å²) in [6, 6.07) is 19.2. The van der Waals surface area contributed by atoms with Crippen molar-refractivity contribution in [2.24, 2.45) is 0 Å². The Bertz CT molecular complexity index is 1160. The van der Waals surface area contributed by atoms with Crippen LogP contribution in [-0.4, -0.2) is 44.8 Å². The van der Waals surface area contributed by atoms with Crippen LogP contribution >= 0.6 is 15.9 Å².